The minimum absolute atomic E-state index is 0.250. The highest BCUT2D eigenvalue weighted by Gasteiger charge is 2.15. The summed E-state index contributed by atoms with van der Waals surface area (Å²) in [4.78, 5) is 0.250. The van der Waals surface area contributed by atoms with Gasteiger partial charge >= 0.3 is 0 Å². The van der Waals surface area contributed by atoms with Gasteiger partial charge in [-0.15, -0.1) is 0 Å². The monoisotopic (exact) mass is 280 g/mol. The van der Waals surface area contributed by atoms with Crippen LogP contribution in [0, 0.1) is 17.2 Å². The SMILES string of the molecule is CCC(CC)CNS(=O)(=O)c1ccc(CC#N)cc1. The van der Waals surface area contributed by atoms with E-state index < -0.39 is 10.0 Å². The number of nitrogens with zero attached hydrogens (tertiary/aromatic N) is 1. The van der Waals surface area contributed by atoms with E-state index in [4.69, 9.17) is 5.26 Å². The summed E-state index contributed by atoms with van der Waals surface area (Å²) in [6.45, 7) is 4.58. The van der Waals surface area contributed by atoms with Crippen LogP contribution >= 0.6 is 0 Å². The molecule has 0 aliphatic heterocycles. The third kappa shape index (κ3) is 4.66. The Morgan fingerprint density at radius 1 is 1.21 bits per heavy atom. The molecule has 0 heterocycles. The van der Waals surface area contributed by atoms with Crippen LogP contribution in [0.2, 0.25) is 0 Å². The summed E-state index contributed by atoms with van der Waals surface area (Å²) in [5.41, 5.74) is 0.821. The second-order valence-electron chi connectivity index (χ2n) is 4.51. The van der Waals surface area contributed by atoms with Crippen molar-refractivity contribution in [3.8, 4) is 6.07 Å². The normalized spacial score (nSPS) is 11.5. The van der Waals surface area contributed by atoms with Gasteiger partial charge in [-0.25, -0.2) is 13.1 Å². The molecular weight excluding hydrogens is 260 g/mol. The Hall–Kier alpha value is -1.38. The van der Waals surface area contributed by atoms with Gasteiger partial charge in [0.1, 0.15) is 0 Å². The molecule has 1 N–H and O–H groups in total. The number of sulfonamides is 1. The summed E-state index contributed by atoms with van der Waals surface area (Å²) in [6, 6.07) is 8.47. The van der Waals surface area contributed by atoms with Crippen molar-refractivity contribution in [3.05, 3.63) is 29.8 Å². The Morgan fingerprint density at radius 2 is 1.79 bits per heavy atom. The number of nitrogens with one attached hydrogen (secondary N) is 1. The van der Waals surface area contributed by atoms with Crippen LogP contribution in [0.5, 0.6) is 0 Å². The maximum atomic E-state index is 12.1. The first-order chi connectivity index (χ1) is 9.03. The van der Waals surface area contributed by atoms with Crippen LogP contribution in [0.4, 0.5) is 0 Å². The molecule has 1 aromatic carbocycles. The molecule has 0 saturated heterocycles. The number of rotatable bonds is 7. The second-order valence-corrected chi connectivity index (χ2v) is 6.28. The van der Waals surface area contributed by atoms with Crippen molar-refractivity contribution in [3.63, 3.8) is 0 Å². The molecule has 104 valence electrons. The number of hydrogen-bond acceptors (Lipinski definition) is 3. The van der Waals surface area contributed by atoms with Crippen molar-refractivity contribution in [1.82, 2.24) is 4.72 Å². The van der Waals surface area contributed by atoms with Gasteiger partial charge in [-0.1, -0.05) is 38.8 Å². The van der Waals surface area contributed by atoms with Gasteiger partial charge in [0.05, 0.1) is 17.4 Å². The fourth-order valence-electron chi connectivity index (χ4n) is 1.77. The molecule has 0 aromatic heterocycles. The Kier molecular flexibility index (Phi) is 6.00. The Labute approximate surface area is 115 Å². The first kappa shape index (κ1) is 15.7. The van der Waals surface area contributed by atoms with E-state index in [9.17, 15) is 8.42 Å². The van der Waals surface area contributed by atoms with Crippen LogP contribution in [0.15, 0.2) is 29.2 Å². The van der Waals surface area contributed by atoms with Crippen molar-refractivity contribution in [2.75, 3.05) is 6.54 Å². The quantitative estimate of drug-likeness (QED) is 0.834. The summed E-state index contributed by atoms with van der Waals surface area (Å²) in [7, 11) is -3.44. The lowest BCUT2D eigenvalue weighted by molar-refractivity contribution is 0.479. The van der Waals surface area contributed by atoms with Crippen LogP contribution < -0.4 is 4.72 Å². The average molecular weight is 280 g/mol. The van der Waals surface area contributed by atoms with Gasteiger partial charge < -0.3 is 0 Å². The Balaban J connectivity index is 2.74. The van der Waals surface area contributed by atoms with Gasteiger partial charge in [-0.2, -0.15) is 5.26 Å². The molecule has 0 unspecified atom stereocenters. The summed E-state index contributed by atoms with van der Waals surface area (Å²) >= 11 is 0. The summed E-state index contributed by atoms with van der Waals surface area (Å²) < 4.78 is 26.8. The largest absolute Gasteiger partial charge is 0.240 e. The Bertz CT molecular complexity index is 526. The highest BCUT2D eigenvalue weighted by molar-refractivity contribution is 7.89. The number of nitriles is 1. The molecule has 0 amide bonds. The van der Waals surface area contributed by atoms with E-state index in [2.05, 4.69) is 18.6 Å². The first-order valence-electron chi connectivity index (χ1n) is 6.49. The van der Waals surface area contributed by atoms with Crippen LogP contribution in [0.1, 0.15) is 32.3 Å². The molecule has 1 rings (SSSR count). The van der Waals surface area contributed by atoms with Crippen LogP contribution in [-0.4, -0.2) is 15.0 Å². The standard InChI is InChI=1S/C14H20N2O2S/c1-3-12(4-2)11-16-19(17,18)14-7-5-13(6-8-14)9-10-15/h5-8,12,16H,3-4,9,11H2,1-2H3. The molecule has 0 spiro atoms. The van der Waals surface area contributed by atoms with Crippen molar-refractivity contribution in [2.45, 2.75) is 38.0 Å². The van der Waals surface area contributed by atoms with Gasteiger partial charge in [0.15, 0.2) is 0 Å². The molecule has 19 heavy (non-hydrogen) atoms. The minimum Gasteiger partial charge on any atom is -0.211 e. The Morgan fingerprint density at radius 3 is 2.26 bits per heavy atom. The molecule has 0 aliphatic carbocycles. The van der Waals surface area contributed by atoms with Crippen molar-refractivity contribution in [1.29, 1.82) is 5.26 Å². The van der Waals surface area contributed by atoms with Gasteiger partial charge in [0, 0.05) is 6.54 Å². The first-order valence-corrected chi connectivity index (χ1v) is 7.97. The smallest absolute Gasteiger partial charge is 0.211 e. The van der Waals surface area contributed by atoms with Gasteiger partial charge in [0.2, 0.25) is 10.0 Å². The molecule has 5 heteroatoms. The van der Waals surface area contributed by atoms with Gasteiger partial charge in [0.25, 0.3) is 0 Å². The molecule has 0 atom stereocenters. The topological polar surface area (TPSA) is 70.0 Å². The van der Waals surface area contributed by atoms with Gasteiger partial charge in [-0.3, -0.25) is 0 Å². The molecular formula is C14H20N2O2S. The predicted molar refractivity (Wildman–Crippen MR) is 75.0 cm³/mol. The summed E-state index contributed by atoms with van der Waals surface area (Å²) in [5, 5.41) is 8.57. The predicted octanol–water partition coefficient (Wildman–Crippen LogP) is 2.47. The molecule has 4 nitrogen and oxygen atoms in total. The van der Waals surface area contributed by atoms with Crippen LogP contribution in [0.3, 0.4) is 0 Å². The molecule has 0 bridgehead atoms. The zero-order valence-electron chi connectivity index (χ0n) is 11.4. The second kappa shape index (κ2) is 7.27. The van der Waals surface area contributed by atoms with E-state index in [0.717, 1.165) is 18.4 Å². The van der Waals surface area contributed by atoms with E-state index in [1.165, 1.54) is 0 Å². The lowest BCUT2D eigenvalue weighted by Crippen LogP contribution is -2.29. The fraction of sp³-hybridized carbons (Fsp3) is 0.500. The van der Waals surface area contributed by atoms with E-state index in [1.54, 1.807) is 24.3 Å². The number of benzene rings is 1. The van der Waals surface area contributed by atoms with Crippen LogP contribution in [-0.2, 0) is 16.4 Å². The minimum atomic E-state index is -3.44. The lowest BCUT2D eigenvalue weighted by atomic mass is 10.0. The van der Waals surface area contributed by atoms with E-state index in [0.29, 0.717) is 18.9 Å². The summed E-state index contributed by atoms with van der Waals surface area (Å²) in [6.07, 6.45) is 2.21. The van der Waals surface area contributed by atoms with Crippen molar-refractivity contribution >= 4 is 10.0 Å². The molecule has 0 radical (unpaired) electrons. The summed E-state index contributed by atoms with van der Waals surface area (Å²) in [5.74, 6) is 0.368. The highest BCUT2D eigenvalue weighted by atomic mass is 32.2. The zero-order chi connectivity index (χ0) is 14.3. The third-order valence-electron chi connectivity index (χ3n) is 3.23. The third-order valence-corrected chi connectivity index (χ3v) is 4.67. The van der Waals surface area contributed by atoms with Crippen molar-refractivity contribution in [2.24, 2.45) is 5.92 Å². The van der Waals surface area contributed by atoms with Crippen molar-refractivity contribution < 1.29 is 8.42 Å². The van der Waals surface area contributed by atoms with E-state index >= 15 is 0 Å². The highest BCUT2D eigenvalue weighted by Crippen LogP contribution is 2.12. The van der Waals surface area contributed by atoms with E-state index in [1.807, 2.05) is 6.07 Å². The molecule has 1 aromatic rings. The maximum Gasteiger partial charge on any atom is 0.240 e. The van der Waals surface area contributed by atoms with Gasteiger partial charge in [-0.05, 0) is 23.6 Å². The maximum absolute atomic E-state index is 12.1. The zero-order valence-corrected chi connectivity index (χ0v) is 12.2. The van der Waals surface area contributed by atoms with E-state index in [-0.39, 0.29) is 4.90 Å². The average Bonchev–Trinajstić information content (AvgIpc) is 2.41. The fourth-order valence-corrected chi connectivity index (χ4v) is 2.88. The molecule has 0 fully saturated rings. The lowest BCUT2D eigenvalue weighted by Gasteiger charge is -2.13. The number of hydrogen-bond donors (Lipinski definition) is 1. The molecule has 0 aliphatic rings. The van der Waals surface area contributed by atoms with Crippen LogP contribution in [0.25, 0.3) is 0 Å². The molecule has 0 saturated carbocycles.